The number of aryl methyl sites for hydroxylation is 1. The van der Waals surface area contributed by atoms with Gasteiger partial charge in [0.15, 0.2) is 0 Å². The normalized spacial score (nSPS) is 29.2. The van der Waals surface area contributed by atoms with E-state index in [0.717, 1.165) is 93.4 Å². The number of hydrogen-bond donors (Lipinski definition) is 1. The summed E-state index contributed by atoms with van der Waals surface area (Å²) in [4.78, 5) is 21.2. The fourth-order valence-electron chi connectivity index (χ4n) is 8.72. The molecule has 1 amide bonds. The van der Waals surface area contributed by atoms with E-state index in [1.54, 1.807) is 7.11 Å². The third-order valence-corrected chi connectivity index (χ3v) is 12.1. The molecule has 5 saturated carbocycles. The highest BCUT2D eigenvalue weighted by molar-refractivity contribution is 5.95. The molecule has 7 heteroatoms. The van der Waals surface area contributed by atoms with Gasteiger partial charge in [0.05, 0.1) is 24.9 Å². The van der Waals surface area contributed by atoms with Crippen molar-refractivity contribution in [3.8, 4) is 16.9 Å². The van der Waals surface area contributed by atoms with Crippen molar-refractivity contribution in [1.82, 2.24) is 14.8 Å². The van der Waals surface area contributed by atoms with Crippen molar-refractivity contribution in [2.24, 2.45) is 11.3 Å². The molecule has 234 valence electrons. The topological polar surface area (TPSA) is 80.5 Å². The van der Waals surface area contributed by atoms with Gasteiger partial charge in [-0.15, -0.1) is 0 Å². The van der Waals surface area contributed by atoms with Crippen molar-refractivity contribution in [2.75, 3.05) is 18.6 Å². The van der Waals surface area contributed by atoms with Crippen LogP contribution in [-0.2, 0) is 15.7 Å². The second-order valence-corrected chi connectivity index (χ2v) is 14.8. The molecular formula is C37H48N4O3. The number of aliphatic hydroxyl groups excluding tert-OH is 1. The lowest BCUT2D eigenvalue weighted by atomic mass is 9.51. The van der Waals surface area contributed by atoms with Crippen molar-refractivity contribution in [1.29, 1.82) is 0 Å². The highest BCUT2D eigenvalue weighted by Crippen LogP contribution is 2.58. The molecule has 0 spiro atoms. The lowest BCUT2D eigenvalue weighted by Gasteiger charge is -2.55. The molecule has 5 aliphatic carbocycles. The van der Waals surface area contributed by atoms with E-state index in [0.29, 0.717) is 12.8 Å². The monoisotopic (exact) mass is 596 g/mol. The van der Waals surface area contributed by atoms with Gasteiger partial charge in [0, 0.05) is 30.4 Å². The molecule has 8 rings (SSSR count). The van der Waals surface area contributed by atoms with Crippen LogP contribution in [0.3, 0.4) is 0 Å². The molecule has 0 atom stereocenters. The van der Waals surface area contributed by atoms with E-state index in [2.05, 4.69) is 49.0 Å². The van der Waals surface area contributed by atoms with Crippen molar-refractivity contribution >= 4 is 11.7 Å². The summed E-state index contributed by atoms with van der Waals surface area (Å²) in [6.45, 7) is 5.14. The third kappa shape index (κ3) is 5.25. The van der Waals surface area contributed by atoms with Crippen molar-refractivity contribution < 1.29 is 14.6 Å². The van der Waals surface area contributed by atoms with Crippen LogP contribution in [0.4, 0.5) is 5.82 Å². The fraction of sp³-hybridized carbons (Fsp3) is 0.595. The summed E-state index contributed by atoms with van der Waals surface area (Å²) < 4.78 is 7.67. The maximum atomic E-state index is 14.3. The zero-order chi connectivity index (χ0) is 30.5. The van der Waals surface area contributed by atoms with E-state index < -0.39 is 0 Å². The molecule has 2 heterocycles. The van der Waals surface area contributed by atoms with Crippen LogP contribution < -0.4 is 9.64 Å². The summed E-state index contributed by atoms with van der Waals surface area (Å²) in [7, 11) is 1.74. The molecule has 0 saturated heterocycles. The molecule has 1 N–H and O–H groups in total. The SMILES string of the molecule is COc1ccc(C23CCC(CN(C(=O)C4CCC(O)CC4)c4cc(-c5cnn(C6(C)CCC6)c5)ccn4)(CC2)CC3)cc1C. The Labute approximate surface area is 262 Å². The first-order chi connectivity index (χ1) is 21.2. The van der Waals surface area contributed by atoms with Gasteiger partial charge in [0.25, 0.3) is 0 Å². The van der Waals surface area contributed by atoms with Gasteiger partial charge in [-0.2, -0.15) is 5.10 Å². The number of aliphatic hydroxyl groups is 1. The molecule has 5 aliphatic rings. The number of carbonyl (C=O) groups excluding carboxylic acids is 1. The average molecular weight is 597 g/mol. The Balaban J connectivity index is 1.15. The minimum absolute atomic E-state index is 0.0601. The van der Waals surface area contributed by atoms with E-state index in [9.17, 15) is 9.90 Å². The van der Waals surface area contributed by atoms with Crippen LogP contribution in [-0.4, -0.2) is 45.5 Å². The van der Waals surface area contributed by atoms with Gasteiger partial charge in [-0.3, -0.25) is 14.4 Å². The molecule has 0 aliphatic heterocycles. The first-order valence-electron chi connectivity index (χ1n) is 16.9. The number of aromatic nitrogens is 3. The summed E-state index contributed by atoms with van der Waals surface area (Å²) in [6.07, 6.45) is 19.0. The highest BCUT2D eigenvalue weighted by atomic mass is 16.5. The summed E-state index contributed by atoms with van der Waals surface area (Å²) >= 11 is 0. The first-order valence-corrected chi connectivity index (χ1v) is 16.9. The summed E-state index contributed by atoms with van der Waals surface area (Å²) in [6, 6.07) is 10.9. The summed E-state index contributed by atoms with van der Waals surface area (Å²) in [5.74, 6) is 1.83. The Hall–Kier alpha value is -3.19. The van der Waals surface area contributed by atoms with E-state index >= 15 is 0 Å². The number of pyridine rings is 1. The number of hydrogen-bond acceptors (Lipinski definition) is 5. The van der Waals surface area contributed by atoms with E-state index in [-0.39, 0.29) is 34.3 Å². The molecule has 3 aromatic rings. The van der Waals surface area contributed by atoms with Crippen LogP contribution in [0.5, 0.6) is 5.75 Å². The van der Waals surface area contributed by atoms with Crippen LogP contribution in [0, 0.1) is 18.3 Å². The second kappa shape index (κ2) is 11.3. The van der Waals surface area contributed by atoms with Crippen molar-refractivity contribution in [3.63, 3.8) is 0 Å². The van der Waals surface area contributed by atoms with Gasteiger partial charge in [-0.05, 0) is 143 Å². The first kappa shape index (κ1) is 29.5. The van der Waals surface area contributed by atoms with Gasteiger partial charge in [0.2, 0.25) is 5.91 Å². The Morgan fingerprint density at radius 2 is 1.73 bits per heavy atom. The number of anilines is 1. The van der Waals surface area contributed by atoms with Crippen LogP contribution >= 0.6 is 0 Å². The zero-order valence-corrected chi connectivity index (χ0v) is 26.7. The van der Waals surface area contributed by atoms with Crippen LogP contribution in [0.1, 0.15) is 102 Å². The third-order valence-electron chi connectivity index (χ3n) is 12.1. The minimum atomic E-state index is -0.284. The Bertz CT molecular complexity index is 1490. The molecule has 0 radical (unpaired) electrons. The molecular weight excluding hydrogens is 548 g/mol. The molecule has 2 aromatic heterocycles. The lowest BCUT2D eigenvalue weighted by Crippen LogP contribution is -2.52. The van der Waals surface area contributed by atoms with Gasteiger partial charge in [0.1, 0.15) is 11.6 Å². The van der Waals surface area contributed by atoms with Crippen LogP contribution in [0.2, 0.25) is 0 Å². The number of rotatable bonds is 8. The number of ether oxygens (including phenoxy) is 1. The number of methoxy groups -OCH3 is 1. The van der Waals surface area contributed by atoms with Gasteiger partial charge < -0.3 is 9.84 Å². The number of amides is 1. The Morgan fingerprint density at radius 3 is 2.36 bits per heavy atom. The second-order valence-electron chi connectivity index (χ2n) is 14.8. The smallest absolute Gasteiger partial charge is 0.231 e. The van der Waals surface area contributed by atoms with Crippen LogP contribution in [0.15, 0.2) is 48.9 Å². The molecule has 2 bridgehead atoms. The highest BCUT2D eigenvalue weighted by Gasteiger charge is 2.51. The predicted molar refractivity (Wildman–Crippen MR) is 173 cm³/mol. The quantitative estimate of drug-likeness (QED) is 0.294. The molecule has 1 aromatic carbocycles. The molecule has 7 nitrogen and oxygen atoms in total. The number of fused-ring (bicyclic) bond motifs is 3. The average Bonchev–Trinajstić information content (AvgIpc) is 3.54. The maximum absolute atomic E-state index is 14.3. The Kier molecular flexibility index (Phi) is 7.59. The fourth-order valence-corrected chi connectivity index (χ4v) is 8.72. The van der Waals surface area contributed by atoms with Crippen LogP contribution in [0.25, 0.3) is 11.1 Å². The van der Waals surface area contributed by atoms with E-state index in [1.807, 2.05) is 23.4 Å². The van der Waals surface area contributed by atoms with Crippen molar-refractivity contribution in [2.45, 2.75) is 114 Å². The summed E-state index contributed by atoms with van der Waals surface area (Å²) in [5.41, 5.74) is 5.22. The number of benzene rings is 1. The minimum Gasteiger partial charge on any atom is -0.496 e. The standard InChI is InChI=1S/C37H48N4O3/c1-26-21-30(7-10-32(26)44-3)37-17-14-36(15-18-37,16-19-37)25-40(34(43)27-5-8-31(42)9-6-27)33-22-28(11-20-38-33)29-23-39-41(24-29)35(2)12-4-13-35/h7,10-11,20-24,27,31,42H,4-6,8-9,12-19,25H2,1-3H3. The number of nitrogens with zero attached hydrogens (tertiary/aromatic N) is 4. The van der Waals surface area contributed by atoms with E-state index in [4.69, 9.17) is 14.8 Å². The van der Waals surface area contributed by atoms with Gasteiger partial charge in [-0.1, -0.05) is 12.1 Å². The summed E-state index contributed by atoms with van der Waals surface area (Å²) in [5, 5.41) is 14.9. The van der Waals surface area contributed by atoms with E-state index in [1.165, 1.54) is 17.5 Å². The zero-order valence-electron chi connectivity index (χ0n) is 26.7. The lowest BCUT2D eigenvalue weighted by molar-refractivity contribution is -0.124. The maximum Gasteiger partial charge on any atom is 0.231 e. The molecule has 5 fully saturated rings. The number of carbonyl (C=O) groups is 1. The Morgan fingerprint density at radius 1 is 1.00 bits per heavy atom. The van der Waals surface area contributed by atoms with Gasteiger partial charge >= 0.3 is 0 Å². The largest absolute Gasteiger partial charge is 0.496 e. The predicted octanol–water partition coefficient (Wildman–Crippen LogP) is 7.34. The van der Waals surface area contributed by atoms with Gasteiger partial charge in [-0.25, -0.2) is 4.98 Å². The molecule has 0 unspecified atom stereocenters. The molecule has 44 heavy (non-hydrogen) atoms. The van der Waals surface area contributed by atoms with Crippen molar-refractivity contribution in [3.05, 3.63) is 60.0 Å².